The van der Waals surface area contributed by atoms with E-state index in [1.807, 2.05) is 17.0 Å². The van der Waals surface area contributed by atoms with Gasteiger partial charge in [0.25, 0.3) is 0 Å². The Labute approximate surface area is 188 Å². The van der Waals surface area contributed by atoms with Crippen LogP contribution < -0.4 is 14.2 Å². The molecule has 162 valence electrons. The maximum atomic E-state index is 12.6. The number of ether oxygens (including phenoxy) is 3. The van der Waals surface area contributed by atoms with Gasteiger partial charge in [0.2, 0.25) is 5.91 Å². The van der Waals surface area contributed by atoms with Crippen molar-refractivity contribution in [2.75, 3.05) is 19.0 Å². The second kappa shape index (κ2) is 8.34. The first-order valence-electron chi connectivity index (χ1n) is 9.93. The van der Waals surface area contributed by atoms with Gasteiger partial charge in [-0.3, -0.25) is 14.4 Å². The molecule has 0 saturated carbocycles. The summed E-state index contributed by atoms with van der Waals surface area (Å²) in [5, 5.41) is 0.244. The first-order chi connectivity index (χ1) is 14.8. The lowest BCUT2D eigenvalue weighted by Crippen LogP contribution is -2.43. The van der Waals surface area contributed by atoms with Gasteiger partial charge in [-0.25, -0.2) is 0 Å². The van der Waals surface area contributed by atoms with Gasteiger partial charge in [-0.2, -0.15) is 0 Å². The first-order valence-corrected chi connectivity index (χ1v) is 11.1. The van der Waals surface area contributed by atoms with Gasteiger partial charge < -0.3 is 19.1 Å². The molecule has 31 heavy (non-hydrogen) atoms. The standard InChI is InChI=1S/C23H22BrNO6/c1-12(26)30-16-8-15-6-7-25(20(28)11-24)18-9-14-4-5-19(29-3)23(31-13(2)27)22(14)17(10-16)21(15)18/h4-5,8,10,18H,6-7,9,11H2,1-3H3/t18-/m1/s1. The monoisotopic (exact) mass is 487 g/mol. The molecule has 1 atom stereocenters. The number of fused-ring (bicyclic) bond motifs is 2. The van der Waals surface area contributed by atoms with Gasteiger partial charge in [0.1, 0.15) is 5.75 Å². The molecule has 0 unspecified atom stereocenters. The van der Waals surface area contributed by atoms with E-state index < -0.39 is 11.9 Å². The van der Waals surface area contributed by atoms with Crippen LogP contribution in [-0.2, 0) is 27.2 Å². The smallest absolute Gasteiger partial charge is 0.308 e. The predicted octanol–water partition coefficient (Wildman–Crippen LogP) is 3.59. The van der Waals surface area contributed by atoms with Crippen molar-refractivity contribution in [3.8, 4) is 28.4 Å². The Morgan fingerprint density at radius 2 is 1.84 bits per heavy atom. The summed E-state index contributed by atoms with van der Waals surface area (Å²) in [5.74, 6) is 0.320. The third-order valence-corrected chi connectivity index (χ3v) is 6.10. The average molecular weight is 488 g/mol. The van der Waals surface area contributed by atoms with Crippen LogP contribution in [0.5, 0.6) is 17.2 Å². The Hall–Kier alpha value is -2.87. The summed E-state index contributed by atoms with van der Waals surface area (Å²) in [4.78, 5) is 38.0. The molecule has 0 saturated heterocycles. The van der Waals surface area contributed by atoms with Crippen molar-refractivity contribution < 1.29 is 28.6 Å². The molecule has 2 aromatic rings. The van der Waals surface area contributed by atoms with E-state index in [1.165, 1.54) is 21.0 Å². The Morgan fingerprint density at radius 1 is 1.10 bits per heavy atom. The summed E-state index contributed by atoms with van der Waals surface area (Å²) in [7, 11) is 1.52. The molecule has 0 aromatic heterocycles. The molecule has 1 aliphatic carbocycles. The summed E-state index contributed by atoms with van der Waals surface area (Å²) in [6.45, 7) is 3.27. The van der Waals surface area contributed by atoms with Crippen molar-refractivity contribution in [1.82, 2.24) is 4.90 Å². The summed E-state index contributed by atoms with van der Waals surface area (Å²) < 4.78 is 16.4. The molecule has 0 radical (unpaired) electrons. The van der Waals surface area contributed by atoms with Crippen LogP contribution in [0.4, 0.5) is 0 Å². The molecular formula is C23H22BrNO6. The molecule has 1 heterocycles. The molecule has 4 rings (SSSR count). The van der Waals surface area contributed by atoms with E-state index in [0.717, 1.165) is 27.8 Å². The number of amides is 1. The van der Waals surface area contributed by atoms with E-state index >= 15 is 0 Å². The number of methoxy groups -OCH3 is 1. The first kappa shape index (κ1) is 21.4. The van der Waals surface area contributed by atoms with E-state index in [1.54, 1.807) is 12.1 Å². The topological polar surface area (TPSA) is 82.1 Å². The molecule has 1 amide bonds. The highest BCUT2D eigenvalue weighted by Crippen LogP contribution is 2.52. The van der Waals surface area contributed by atoms with E-state index in [9.17, 15) is 14.4 Å². The van der Waals surface area contributed by atoms with Crippen LogP contribution in [0.3, 0.4) is 0 Å². The van der Waals surface area contributed by atoms with Crippen LogP contribution in [0.25, 0.3) is 11.1 Å². The number of alkyl halides is 1. The SMILES string of the molecule is COc1ccc2c(c1OC(C)=O)-c1cc(OC(C)=O)cc3c1[C@@H](C2)N(C(=O)CBr)CC3. The van der Waals surface area contributed by atoms with Crippen LogP contribution in [0, 0.1) is 0 Å². The molecular weight excluding hydrogens is 466 g/mol. The second-order valence-electron chi connectivity index (χ2n) is 7.55. The Bertz CT molecular complexity index is 1100. The van der Waals surface area contributed by atoms with Gasteiger partial charge in [0.15, 0.2) is 11.5 Å². The summed E-state index contributed by atoms with van der Waals surface area (Å²) >= 11 is 3.29. The Balaban J connectivity index is 1.99. The van der Waals surface area contributed by atoms with Crippen molar-refractivity contribution in [3.63, 3.8) is 0 Å². The zero-order valence-electron chi connectivity index (χ0n) is 17.5. The zero-order chi connectivity index (χ0) is 22.3. The highest BCUT2D eigenvalue weighted by Gasteiger charge is 2.38. The molecule has 1 aliphatic heterocycles. The zero-order valence-corrected chi connectivity index (χ0v) is 19.1. The Kier molecular flexibility index (Phi) is 5.75. The minimum Gasteiger partial charge on any atom is -0.493 e. The normalized spacial score (nSPS) is 16.1. The van der Waals surface area contributed by atoms with Crippen LogP contribution >= 0.6 is 15.9 Å². The number of halogens is 1. The quantitative estimate of drug-likeness (QED) is 0.372. The van der Waals surface area contributed by atoms with Gasteiger partial charge in [0, 0.05) is 26.0 Å². The minimum atomic E-state index is -0.463. The number of esters is 2. The van der Waals surface area contributed by atoms with Crippen molar-refractivity contribution in [2.45, 2.75) is 32.7 Å². The number of carbonyl (C=O) groups is 3. The molecule has 0 bridgehead atoms. The Morgan fingerprint density at radius 3 is 2.48 bits per heavy atom. The van der Waals surface area contributed by atoms with Gasteiger partial charge in [-0.1, -0.05) is 22.0 Å². The van der Waals surface area contributed by atoms with Crippen molar-refractivity contribution >= 4 is 33.8 Å². The highest BCUT2D eigenvalue weighted by molar-refractivity contribution is 9.09. The molecule has 8 heteroatoms. The summed E-state index contributed by atoms with van der Waals surface area (Å²) in [6.07, 6.45) is 1.22. The van der Waals surface area contributed by atoms with Crippen LogP contribution in [0.2, 0.25) is 0 Å². The van der Waals surface area contributed by atoms with Crippen LogP contribution in [0.1, 0.15) is 36.6 Å². The number of nitrogens with zero attached hydrogens (tertiary/aromatic N) is 1. The van der Waals surface area contributed by atoms with Crippen molar-refractivity contribution in [1.29, 1.82) is 0 Å². The van der Waals surface area contributed by atoms with Crippen molar-refractivity contribution in [3.05, 3.63) is 41.0 Å². The molecule has 7 nitrogen and oxygen atoms in total. The minimum absolute atomic E-state index is 0.0165. The molecule has 0 fully saturated rings. The van der Waals surface area contributed by atoms with E-state index in [4.69, 9.17) is 14.2 Å². The number of hydrogen-bond acceptors (Lipinski definition) is 6. The fraction of sp³-hybridized carbons (Fsp3) is 0.348. The number of carbonyl (C=O) groups excluding carboxylic acids is 3. The molecule has 0 N–H and O–H groups in total. The van der Waals surface area contributed by atoms with Gasteiger partial charge in [0.05, 0.1) is 18.5 Å². The fourth-order valence-electron chi connectivity index (χ4n) is 4.54. The lowest BCUT2D eigenvalue weighted by Gasteiger charge is -2.42. The van der Waals surface area contributed by atoms with Crippen LogP contribution in [0.15, 0.2) is 24.3 Å². The maximum Gasteiger partial charge on any atom is 0.308 e. The fourth-order valence-corrected chi connectivity index (χ4v) is 4.86. The number of hydrogen-bond donors (Lipinski definition) is 0. The van der Waals surface area contributed by atoms with Gasteiger partial charge >= 0.3 is 11.9 Å². The average Bonchev–Trinajstić information content (AvgIpc) is 2.72. The molecule has 0 spiro atoms. The van der Waals surface area contributed by atoms with E-state index in [0.29, 0.717) is 36.6 Å². The van der Waals surface area contributed by atoms with Gasteiger partial charge in [-0.05, 0) is 53.3 Å². The largest absolute Gasteiger partial charge is 0.493 e. The van der Waals surface area contributed by atoms with Gasteiger partial charge in [-0.15, -0.1) is 0 Å². The number of benzene rings is 2. The number of rotatable bonds is 4. The molecule has 2 aromatic carbocycles. The lowest BCUT2D eigenvalue weighted by atomic mass is 9.76. The second-order valence-corrected chi connectivity index (χ2v) is 8.11. The summed E-state index contributed by atoms with van der Waals surface area (Å²) in [6, 6.07) is 7.17. The third-order valence-electron chi connectivity index (χ3n) is 5.62. The summed E-state index contributed by atoms with van der Waals surface area (Å²) in [5.41, 5.74) is 4.44. The highest BCUT2D eigenvalue weighted by atomic mass is 79.9. The van der Waals surface area contributed by atoms with E-state index in [-0.39, 0.29) is 17.3 Å². The van der Waals surface area contributed by atoms with Crippen LogP contribution in [-0.4, -0.2) is 41.7 Å². The molecule has 2 aliphatic rings. The van der Waals surface area contributed by atoms with E-state index in [2.05, 4.69) is 15.9 Å². The maximum absolute atomic E-state index is 12.6. The van der Waals surface area contributed by atoms with Crippen molar-refractivity contribution in [2.24, 2.45) is 0 Å². The predicted molar refractivity (Wildman–Crippen MR) is 117 cm³/mol. The lowest BCUT2D eigenvalue weighted by molar-refractivity contribution is -0.132. The third kappa shape index (κ3) is 3.80.